The van der Waals surface area contributed by atoms with Crippen molar-refractivity contribution in [2.24, 2.45) is 0 Å². The molecule has 0 spiro atoms. The summed E-state index contributed by atoms with van der Waals surface area (Å²) < 4.78 is 18.7. The zero-order valence-corrected chi connectivity index (χ0v) is 19.7. The fraction of sp³-hybridized carbons (Fsp3) is 0.280. The maximum atomic E-state index is 14.7. The number of imidazole rings is 1. The predicted octanol–water partition coefficient (Wildman–Crippen LogP) is 5.04. The first-order chi connectivity index (χ1) is 16.6. The number of nitrogens with zero attached hydrogens (tertiary/aromatic N) is 5. The van der Waals surface area contributed by atoms with Crippen LogP contribution in [0.15, 0.2) is 60.0 Å². The first-order valence-electron chi connectivity index (χ1n) is 11.3. The van der Waals surface area contributed by atoms with Crippen LogP contribution in [0.3, 0.4) is 0 Å². The van der Waals surface area contributed by atoms with Crippen LogP contribution in [0.1, 0.15) is 30.7 Å². The minimum Gasteiger partial charge on any atom is -0.325 e. The highest BCUT2D eigenvalue weighted by Gasteiger charge is 2.19. The first kappa shape index (κ1) is 22.3. The second-order valence-electron chi connectivity index (χ2n) is 8.30. The van der Waals surface area contributed by atoms with Gasteiger partial charge >= 0.3 is 0 Å². The molecule has 0 radical (unpaired) electrons. The lowest BCUT2D eigenvalue weighted by Crippen LogP contribution is -2.15. The summed E-state index contributed by atoms with van der Waals surface area (Å²) in [6.07, 6.45) is 7.67. The Balaban J connectivity index is 1.29. The average Bonchev–Trinajstić information content (AvgIpc) is 3.40. The largest absolute Gasteiger partial charge is 0.325 e. The van der Waals surface area contributed by atoms with Crippen molar-refractivity contribution in [3.05, 3.63) is 72.1 Å². The minimum absolute atomic E-state index is 0.177. The molecule has 0 bridgehead atoms. The molecule has 0 saturated carbocycles. The molecule has 174 valence electrons. The van der Waals surface area contributed by atoms with Gasteiger partial charge in [-0.05, 0) is 49.6 Å². The number of para-hydroxylation sites is 1. The van der Waals surface area contributed by atoms with Gasteiger partial charge < -0.3 is 9.88 Å². The van der Waals surface area contributed by atoms with Crippen molar-refractivity contribution < 1.29 is 9.18 Å². The lowest BCUT2D eigenvalue weighted by molar-refractivity contribution is -0.113. The Morgan fingerprint density at radius 3 is 2.91 bits per heavy atom. The van der Waals surface area contributed by atoms with E-state index in [1.165, 1.54) is 17.8 Å². The van der Waals surface area contributed by atoms with Gasteiger partial charge in [-0.15, -0.1) is 10.2 Å². The number of carbonyl (C=O) groups excluding carboxylic acids is 1. The van der Waals surface area contributed by atoms with Gasteiger partial charge in [-0.3, -0.25) is 9.36 Å². The first-order valence-corrected chi connectivity index (χ1v) is 12.3. The van der Waals surface area contributed by atoms with E-state index in [0.29, 0.717) is 17.1 Å². The molecular formula is C25H25FN6OS. The summed E-state index contributed by atoms with van der Waals surface area (Å²) in [5, 5.41) is 12.1. The SMILES string of the molecule is Cc1ccccc1-n1ccnc1SCC(=O)Nc1ccc(F)c(-c2nnc3n2CCCCC3)c1. The zero-order valence-electron chi connectivity index (χ0n) is 18.9. The molecule has 34 heavy (non-hydrogen) atoms. The van der Waals surface area contributed by atoms with Gasteiger partial charge in [0.1, 0.15) is 11.6 Å². The van der Waals surface area contributed by atoms with Crippen molar-refractivity contribution in [2.45, 2.75) is 44.3 Å². The van der Waals surface area contributed by atoms with Crippen LogP contribution in [0.25, 0.3) is 17.1 Å². The average molecular weight is 477 g/mol. The van der Waals surface area contributed by atoms with Crippen LogP contribution < -0.4 is 5.32 Å². The summed E-state index contributed by atoms with van der Waals surface area (Å²) in [7, 11) is 0. The molecule has 3 heterocycles. The number of aryl methyl sites for hydroxylation is 2. The second kappa shape index (κ2) is 9.80. The summed E-state index contributed by atoms with van der Waals surface area (Å²) in [6, 6.07) is 12.6. The molecule has 1 aliphatic heterocycles. The van der Waals surface area contributed by atoms with Gasteiger partial charge in [-0.25, -0.2) is 9.37 Å². The van der Waals surface area contributed by atoms with Crippen LogP contribution in [-0.4, -0.2) is 36.0 Å². The van der Waals surface area contributed by atoms with Crippen molar-refractivity contribution in [1.82, 2.24) is 24.3 Å². The molecule has 1 N–H and O–H groups in total. The van der Waals surface area contributed by atoms with E-state index in [1.54, 1.807) is 18.3 Å². The number of hydrogen-bond acceptors (Lipinski definition) is 5. The molecule has 2 aromatic carbocycles. The number of thioether (sulfide) groups is 1. The molecule has 1 amide bonds. The van der Waals surface area contributed by atoms with E-state index in [0.717, 1.165) is 54.5 Å². The third kappa shape index (κ3) is 4.61. The number of benzene rings is 2. The van der Waals surface area contributed by atoms with Gasteiger partial charge in [0.05, 0.1) is 17.0 Å². The standard InChI is InChI=1S/C25H25FN6OS/c1-17-7-4-5-8-21(17)31-14-12-27-25(31)34-16-23(33)28-18-10-11-20(26)19(15-18)24-30-29-22-9-3-2-6-13-32(22)24/h4-5,7-8,10-12,14-15H,2-3,6,9,13,16H2,1H3,(H,28,33). The molecule has 7 nitrogen and oxygen atoms in total. The Bertz CT molecular complexity index is 1330. The van der Waals surface area contributed by atoms with E-state index in [4.69, 9.17) is 0 Å². The van der Waals surface area contributed by atoms with Crippen molar-refractivity contribution >= 4 is 23.4 Å². The van der Waals surface area contributed by atoms with Crippen LogP contribution in [-0.2, 0) is 17.8 Å². The molecule has 5 rings (SSSR count). The van der Waals surface area contributed by atoms with Gasteiger partial charge in [-0.2, -0.15) is 0 Å². The number of fused-ring (bicyclic) bond motifs is 1. The lowest BCUT2D eigenvalue weighted by Gasteiger charge is -2.11. The minimum atomic E-state index is -0.382. The van der Waals surface area contributed by atoms with E-state index in [2.05, 4.69) is 20.5 Å². The van der Waals surface area contributed by atoms with Crippen molar-refractivity contribution in [3.8, 4) is 17.1 Å². The highest BCUT2D eigenvalue weighted by atomic mass is 32.2. The fourth-order valence-corrected chi connectivity index (χ4v) is 4.97. The predicted molar refractivity (Wildman–Crippen MR) is 131 cm³/mol. The molecule has 0 fully saturated rings. The quantitative estimate of drug-likeness (QED) is 0.395. The van der Waals surface area contributed by atoms with Gasteiger partial charge in [0.15, 0.2) is 11.0 Å². The number of rotatable bonds is 6. The Morgan fingerprint density at radius 1 is 1.15 bits per heavy atom. The van der Waals surface area contributed by atoms with E-state index < -0.39 is 0 Å². The molecule has 2 aromatic heterocycles. The lowest BCUT2D eigenvalue weighted by atomic mass is 10.1. The van der Waals surface area contributed by atoms with Crippen LogP contribution in [0.2, 0.25) is 0 Å². The maximum absolute atomic E-state index is 14.7. The molecule has 0 saturated heterocycles. The number of amides is 1. The van der Waals surface area contributed by atoms with Gasteiger partial charge in [-0.1, -0.05) is 36.4 Å². The van der Waals surface area contributed by atoms with E-state index in [9.17, 15) is 9.18 Å². The molecule has 0 aliphatic carbocycles. The summed E-state index contributed by atoms with van der Waals surface area (Å²) >= 11 is 1.35. The Morgan fingerprint density at radius 2 is 2.03 bits per heavy atom. The van der Waals surface area contributed by atoms with E-state index in [-0.39, 0.29) is 17.5 Å². The number of halogens is 1. The Hall–Kier alpha value is -3.46. The zero-order chi connectivity index (χ0) is 23.5. The topological polar surface area (TPSA) is 77.6 Å². The number of aromatic nitrogens is 5. The Labute approximate surface area is 201 Å². The third-order valence-electron chi connectivity index (χ3n) is 5.91. The van der Waals surface area contributed by atoms with Crippen molar-refractivity contribution in [3.63, 3.8) is 0 Å². The highest BCUT2D eigenvalue weighted by molar-refractivity contribution is 7.99. The van der Waals surface area contributed by atoms with E-state index in [1.807, 2.05) is 46.5 Å². The fourth-order valence-electron chi connectivity index (χ4n) is 4.20. The summed E-state index contributed by atoms with van der Waals surface area (Å²) in [6.45, 7) is 2.81. The summed E-state index contributed by atoms with van der Waals surface area (Å²) in [5.74, 6) is 1.01. The summed E-state index contributed by atoms with van der Waals surface area (Å²) in [5.41, 5.74) is 3.02. The molecule has 0 atom stereocenters. The number of nitrogens with one attached hydrogen (secondary N) is 1. The molecule has 4 aromatic rings. The van der Waals surface area contributed by atoms with Gasteiger partial charge in [0.2, 0.25) is 5.91 Å². The van der Waals surface area contributed by atoms with Crippen LogP contribution in [0.5, 0.6) is 0 Å². The highest BCUT2D eigenvalue weighted by Crippen LogP contribution is 2.28. The number of carbonyl (C=O) groups is 1. The smallest absolute Gasteiger partial charge is 0.234 e. The Kier molecular flexibility index (Phi) is 6.44. The molecule has 9 heteroatoms. The third-order valence-corrected chi connectivity index (χ3v) is 6.88. The molecule has 1 aliphatic rings. The molecular weight excluding hydrogens is 451 g/mol. The van der Waals surface area contributed by atoms with Crippen LogP contribution in [0.4, 0.5) is 10.1 Å². The van der Waals surface area contributed by atoms with Crippen molar-refractivity contribution in [2.75, 3.05) is 11.1 Å². The van der Waals surface area contributed by atoms with Gasteiger partial charge in [0.25, 0.3) is 0 Å². The van der Waals surface area contributed by atoms with Crippen LogP contribution >= 0.6 is 11.8 Å². The van der Waals surface area contributed by atoms with Crippen molar-refractivity contribution in [1.29, 1.82) is 0 Å². The number of anilines is 1. The monoisotopic (exact) mass is 476 g/mol. The van der Waals surface area contributed by atoms with E-state index >= 15 is 0 Å². The van der Waals surface area contributed by atoms with Crippen LogP contribution in [0, 0.1) is 12.7 Å². The second-order valence-corrected chi connectivity index (χ2v) is 9.24. The number of hydrogen-bond donors (Lipinski definition) is 1. The van der Waals surface area contributed by atoms with Gasteiger partial charge in [0, 0.05) is 31.0 Å². The summed E-state index contributed by atoms with van der Waals surface area (Å²) in [4.78, 5) is 17.1. The maximum Gasteiger partial charge on any atom is 0.234 e. The molecule has 0 unspecified atom stereocenters. The normalized spacial score (nSPS) is 13.4.